The number of hydrogen-bond acceptors (Lipinski definition) is 2. The van der Waals surface area contributed by atoms with Gasteiger partial charge in [0.2, 0.25) is 0 Å². The number of rotatable bonds is 9. The zero-order valence-electron chi connectivity index (χ0n) is 9.97. The molecule has 0 amide bonds. The Morgan fingerprint density at radius 2 is 1.07 bits per heavy atom. The van der Waals surface area contributed by atoms with Crippen molar-refractivity contribution < 1.29 is 0 Å². The van der Waals surface area contributed by atoms with Crippen molar-refractivity contribution in [2.45, 2.75) is 77.3 Å². The Bertz CT molecular complexity index is 101. The summed E-state index contributed by atoms with van der Waals surface area (Å²) in [5.74, 6) is 0. The van der Waals surface area contributed by atoms with Crippen LogP contribution in [0.3, 0.4) is 0 Å². The van der Waals surface area contributed by atoms with Crippen LogP contribution < -0.4 is 11.5 Å². The molecule has 0 fully saturated rings. The molecule has 0 aliphatic carbocycles. The third-order valence-electron chi connectivity index (χ3n) is 2.77. The average Bonchev–Trinajstić information content (AvgIpc) is 2.20. The topological polar surface area (TPSA) is 52.0 Å². The van der Waals surface area contributed by atoms with E-state index in [4.69, 9.17) is 11.5 Å². The fraction of sp³-hybridized carbons (Fsp3) is 1.00. The van der Waals surface area contributed by atoms with Gasteiger partial charge in [0.1, 0.15) is 0 Å². The van der Waals surface area contributed by atoms with E-state index >= 15 is 0 Å². The molecule has 0 bridgehead atoms. The number of nitrogens with two attached hydrogens (primary N) is 2. The van der Waals surface area contributed by atoms with Crippen LogP contribution in [0.1, 0.15) is 65.2 Å². The Labute approximate surface area is 89.4 Å². The zero-order chi connectivity index (χ0) is 10.8. The largest absolute Gasteiger partial charge is 0.328 e. The minimum Gasteiger partial charge on any atom is -0.328 e. The van der Waals surface area contributed by atoms with Crippen molar-refractivity contribution in [2.24, 2.45) is 11.5 Å². The van der Waals surface area contributed by atoms with Gasteiger partial charge in [-0.1, -0.05) is 39.5 Å². The summed E-state index contributed by atoms with van der Waals surface area (Å²) in [7, 11) is 0. The molecule has 0 saturated heterocycles. The van der Waals surface area contributed by atoms with Crippen LogP contribution in [0.15, 0.2) is 0 Å². The second-order valence-electron chi connectivity index (χ2n) is 4.38. The van der Waals surface area contributed by atoms with Gasteiger partial charge in [-0.25, -0.2) is 0 Å². The smallest absolute Gasteiger partial charge is 0.00394 e. The van der Waals surface area contributed by atoms with Gasteiger partial charge in [-0.05, 0) is 25.7 Å². The lowest BCUT2D eigenvalue weighted by Gasteiger charge is -2.15. The van der Waals surface area contributed by atoms with Crippen molar-refractivity contribution in [3.8, 4) is 0 Å². The molecular formula is C12H28N2. The summed E-state index contributed by atoms with van der Waals surface area (Å²) in [6.45, 7) is 4.42. The van der Waals surface area contributed by atoms with E-state index in [0.29, 0.717) is 12.1 Å². The number of unbranched alkanes of at least 4 members (excludes halogenated alkanes) is 2. The van der Waals surface area contributed by atoms with E-state index in [0.717, 1.165) is 25.7 Å². The van der Waals surface area contributed by atoms with Crippen molar-refractivity contribution >= 4 is 0 Å². The van der Waals surface area contributed by atoms with Gasteiger partial charge in [0.05, 0.1) is 0 Å². The normalized spacial score (nSPS) is 15.4. The molecule has 2 unspecified atom stereocenters. The molecule has 2 nitrogen and oxygen atoms in total. The van der Waals surface area contributed by atoms with Gasteiger partial charge in [-0.15, -0.1) is 0 Å². The summed E-state index contributed by atoms with van der Waals surface area (Å²) in [6.07, 6.45) is 9.53. The fourth-order valence-corrected chi connectivity index (χ4v) is 1.65. The van der Waals surface area contributed by atoms with Crippen molar-refractivity contribution in [1.29, 1.82) is 0 Å². The summed E-state index contributed by atoms with van der Waals surface area (Å²) in [6, 6.07) is 0.755. The minimum atomic E-state index is 0.377. The average molecular weight is 200 g/mol. The molecule has 0 radical (unpaired) electrons. The van der Waals surface area contributed by atoms with Crippen molar-refractivity contribution in [3.05, 3.63) is 0 Å². The predicted molar refractivity (Wildman–Crippen MR) is 64.2 cm³/mol. The molecule has 0 aromatic carbocycles. The molecule has 0 heterocycles. The van der Waals surface area contributed by atoms with Crippen LogP contribution in [-0.4, -0.2) is 12.1 Å². The van der Waals surface area contributed by atoms with E-state index in [1.54, 1.807) is 0 Å². The first kappa shape index (κ1) is 13.9. The minimum absolute atomic E-state index is 0.377. The second-order valence-corrected chi connectivity index (χ2v) is 4.38. The maximum Gasteiger partial charge on any atom is 0.00394 e. The SMILES string of the molecule is CCCCC(N)CCC(N)CCCC. The summed E-state index contributed by atoms with van der Waals surface area (Å²) < 4.78 is 0. The van der Waals surface area contributed by atoms with Crippen LogP contribution in [0.2, 0.25) is 0 Å². The second kappa shape index (κ2) is 9.47. The Morgan fingerprint density at radius 1 is 0.714 bits per heavy atom. The van der Waals surface area contributed by atoms with Crippen LogP contribution >= 0.6 is 0 Å². The van der Waals surface area contributed by atoms with Crippen LogP contribution in [-0.2, 0) is 0 Å². The molecule has 2 atom stereocenters. The molecule has 0 aliphatic rings. The van der Waals surface area contributed by atoms with Gasteiger partial charge in [-0.2, -0.15) is 0 Å². The molecule has 0 rings (SSSR count). The molecule has 0 spiro atoms. The summed E-state index contributed by atoms with van der Waals surface area (Å²) in [4.78, 5) is 0. The zero-order valence-corrected chi connectivity index (χ0v) is 9.97. The lowest BCUT2D eigenvalue weighted by atomic mass is 10.00. The van der Waals surface area contributed by atoms with Gasteiger partial charge < -0.3 is 11.5 Å². The summed E-state index contributed by atoms with van der Waals surface area (Å²) >= 11 is 0. The first-order chi connectivity index (χ1) is 6.70. The van der Waals surface area contributed by atoms with Crippen LogP contribution in [0, 0.1) is 0 Å². The summed E-state index contributed by atoms with van der Waals surface area (Å²) in [5, 5.41) is 0. The Hall–Kier alpha value is -0.0800. The highest BCUT2D eigenvalue weighted by Crippen LogP contribution is 2.09. The first-order valence-corrected chi connectivity index (χ1v) is 6.21. The molecule has 0 saturated carbocycles. The quantitative estimate of drug-likeness (QED) is 0.601. The van der Waals surface area contributed by atoms with Gasteiger partial charge >= 0.3 is 0 Å². The van der Waals surface area contributed by atoms with E-state index in [1.807, 2.05) is 0 Å². The molecule has 0 aromatic rings. The van der Waals surface area contributed by atoms with E-state index in [9.17, 15) is 0 Å². The van der Waals surface area contributed by atoms with E-state index in [-0.39, 0.29) is 0 Å². The standard InChI is InChI=1S/C12H28N2/c1-3-5-7-11(13)9-10-12(14)8-6-4-2/h11-12H,3-10,13-14H2,1-2H3. The summed E-state index contributed by atoms with van der Waals surface area (Å²) in [5.41, 5.74) is 12.0. The molecular weight excluding hydrogens is 172 g/mol. The molecule has 14 heavy (non-hydrogen) atoms. The van der Waals surface area contributed by atoms with E-state index in [1.165, 1.54) is 25.7 Å². The van der Waals surface area contributed by atoms with E-state index < -0.39 is 0 Å². The van der Waals surface area contributed by atoms with Gasteiger partial charge in [0, 0.05) is 12.1 Å². The molecule has 2 heteroatoms. The fourth-order valence-electron chi connectivity index (χ4n) is 1.65. The van der Waals surface area contributed by atoms with Gasteiger partial charge in [0.15, 0.2) is 0 Å². The van der Waals surface area contributed by atoms with E-state index in [2.05, 4.69) is 13.8 Å². The van der Waals surface area contributed by atoms with Gasteiger partial charge in [0.25, 0.3) is 0 Å². The number of hydrogen-bond donors (Lipinski definition) is 2. The third-order valence-corrected chi connectivity index (χ3v) is 2.77. The van der Waals surface area contributed by atoms with Gasteiger partial charge in [-0.3, -0.25) is 0 Å². The Balaban J connectivity index is 3.31. The third kappa shape index (κ3) is 8.52. The lowest BCUT2D eigenvalue weighted by Crippen LogP contribution is -2.26. The highest BCUT2D eigenvalue weighted by Gasteiger charge is 2.06. The monoisotopic (exact) mass is 200 g/mol. The maximum atomic E-state index is 5.98. The highest BCUT2D eigenvalue weighted by molar-refractivity contribution is 4.67. The van der Waals surface area contributed by atoms with Crippen LogP contribution in [0.4, 0.5) is 0 Å². The van der Waals surface area contributed by atoms with Crippen LogP contribution in [0.5, 0.6) is 0 Å². The highest BCUT2D eigenvalue weighted by atomic mass is 14.7. The van der Waals surface area contributed by atoms with Crippen molar-refractivity contribution in [1.82, 2.24) is 0 Å². The van der Waals surface area contributed by atoms with Crippen molar-refractivity contribution in [2.75, 3.05) is 0 Å². The Morgan fingerprint density at radius 3 is 1.36 bits per heavy atom. The lowest BCUT2D eigenvalue weighted by molar-refractivity contribution is 0.462. The molecule has 0 aliphatic heterocycles. The molecule has 86 valence electrons. The molecule has 4 N–H and O–H groups in total. The Kier molecular flexibility index (Phi) is 9.42. The maximum absolute atomic E-state index is 5.98. The van der Waals surface area contributed by atoms with Crippen LogP contribution in [0.25, 0.3) is 0 Å². The predicted octanol–water partition coefficient (Wildman–Crippen LogP) is 2.80. The van der Waals surface area contributed by atoms with Crippen molar-refractivity contribution in [3.63, 3.8) is 0 Å². The molecule has 0 aromatic heterocycles. The first-order valence-electron chi connectivity index (χ1n) is 6.21.